The van der Waals surface area contributed by atoms with Gasteiger partial charge in [-0.2, -0.15) is 0 Å². The second kappa shape index (κ2) is 11.4. The summed E-state index contributed by atoms with van der Waals surface area (Å²) in [7, 11) is 0. The van der Waals surface area contributed by atoms with Gasteiger partial charge < -0.3 is 18.9 Å². The molecule has 0 saturated heterocycles. The van der Waals surface area contributed by atoms with Crippen LogP contribution in [0, 0.1) is 0 Å². The molecule has 0 saturated carbocycles. The summed E-state index contributed by atoms with van der Waals surface area (Å²) in [4.78, 5) is 49.0. The number of carbonyl (C=O) groups is 4. The van der Waals surface area contributed by atoms with E-state index in [1.54, 1.807) is 13.8 Å². The zero-order chi connectivity index (χ0) is 24.0. The molecule has 0 atom stereocenters. The maximum atomic E-state index is 12.3. The van der Waals surface area contributed by atoms with Gasteiger partial charge in [-0.1, -0.05) is 46.4 Å². The van der Waals surface area contributed by atoms with E-state index in [0.717, 1.165) is 12.1 Å². The summed E-state index contributed by atoms with van der Waals surface area (Å²) < 4.78 is 19.6. The van der Waals surface area contributed by atoms with E-state index in [-0.39, 0.29) is 44.4 Å². The fraction of sp³-hybridized carbons (Fsp3) is 0.200. The molecule has 8 nitrogen and oxygen atoms in total. The maximum absolute atomic E-state index is 12.3. The Kier molecular flexibility index (Phi) is 9.15. The first kappa shape index (κ1) is 25.7. The third kappa shape index (κ3) is 6.26. The summed E-state index contributed by atoms with van der Waals surface area (Å²) in [6, 6.07) is 4.67. The Morgan fingerprint density at radius 1 is 0.656 bits per heavy atom. The van der Waals surface area contributed by atoms with Gasteiger partial charge in [0.15, 0.2) is 11.5 Å². The molecule has 0 aliphatic rings. The Bertz CT molecular complexity index is 998. The van der Waals surface area contributed by atoms with Crippen LogP contribution in [0.5, 0.6) is 11.5 Å². The van der Waals surface area contributed by atoms with Crippen molar-refractivity contribution in [2.75, 3.05) is 13.2 Å². The second-order valence-electron chi connectivity index (χ2n) is 5.75. The molecule has 2 aromatic carbocycles. The van der Waals surface area contributed by atoms with E-state index in [2.05, 4.69) is 0 Å². The number of carbonyl (C=O) groups excluding carboxylic acids is 4. The molecule has 0 unspecified atom stereocenters. The van der Waals surface area contributed by atoms with Gasteiger partial charge in [-0.3, -0.25) is 0 Å². The average Bonchev–Trinajstić information content (AvgIpc) is 2.71. The first-order valence-corrected chi connectivity index (χ1v) is 10.4. The number of benzene rings is 2. The first-order valence-electron chi connectivity index (χ1n) is 8.85. The highest BCUT2D eigenvalue weighted by molar-refractivity contribution is 6.38. The van der Waals surface area contributed by atoms with Crippen molar-refractivity contribution in [1.82, 2.24) is 0 Å². The van der Waals surface area contributed by atoms with Gasteiger partial charge in [0.25, 0.3) is 0 Å². The molecule has 0 aliphatic heterocycles. The topological polar surface area (TPSA) is 105 Å². The molecule has 2 rings (SSSR count). The van der Waals surface area contributed by atoms with Gasteiger partial charge >= 0.3 is 23.9 Å². The zero-order valence-corrected chi connectivity index (χ0v) is 19.5. The van der Waals surface area contributed by atoms with Gasteiger partial charge in [0.05, 0.1) is 23.3 Å². The van der Waals surface area contributed by atoms with E-state index < -0.39 is 35.4 Å². The minimum absolute atomic E-state index is 0.0180. The highest BCUT2D eigenvalue weighted by Gasteiger charge is 2.28. The minimum Gasteiger partial charge on any atom is -0.462 e. The highest BCUT2D eigenvalue weighted by Crippen LogP contribution is 2.35. The molecule has 32 heavy (non-hydrogen) atoms. The Labute approximate surface area is 202 Å². The van der Waals surface area contributed by atoms with Crippen molar-refractivity contribution in [3.05, 3.63) is 55.5 Å². The molecule has 0 aromatic heterocycles. The number of esters is 4. The van der Waals surface area contributed by atoms with Crippen LogP contribution in [0.25, 0.3) is 0 Å². The van der Waals surface area contributed by atoms with E-state index in [4.69, 9.17) is 65.4 Å². The predicted molar refractivity (Wildman–Crippen MR) is 116 cm³/mol. The second-order valence-corrected chi connectivity index (χ2v) is 7.44. The summed E-state index contributed by atoms with van der Waals surface area (Å²) in [6.07, 6.45) is 0. The lowest BCUT2D eigenvalue weighted by Gasteiger charge is -2.13. The fourth-order valence-corrected chi connectivity index (χ4v) is 3.38. The molecule has 0 bridgehead atoms. The van der Waals surface area contributed by atoms with Crippen LogP contribution in [-0.2, 0) is 19.1 Å². The number of hydrogen-bond donors (Lipinski definition) is 0. The van der Waals surface area contributed by atoms with Crippen LogP contribution in [0.2, 0.25) is 20.1 Å². The van der Waals surface area contributed by atoms with Crippen LogP contribution in [0.4, 0.5) is 0 Å². The van der Waals surface area contributed by atoms with Crippen LogP contribution in [-0.4, -0.2) is 37.1 Å². The van der Waals surface area contributed by atoms with Crippen molar-refractivity contribution in [3.63, 3.8) is 0 Å². The van der Waals surface area contributed by atoms with Crippen LogP contribution in [0.1, 0.15) is 34.6 Å². The van der Waals surface area contributed by atoms with Gasteiger partial charge in [0.2, 0.25) is 0 Å². The molecule has 12 heteroatoms. The molecule has 0 spiro atoms. The third-order valence-electron chi connectivity index (χ3n) is 3.56. The maximum Gasteiger partial charge on any atom is 0.423 e. The molecular weight excluding hydrogens is 510 g/mol. The van der Waals surface area contributed by atoms with Crippen molar-refractivity contribution in [3.8, 4) is 11.5 Å². The largest absolute Gasteiger partial charge is 0.462 e. The quantitative estimate of drug-likeness (QED) is 0.290. The van der Waals surface area contributed by atoms with Gasteiger partial charge in [0.1, 0.15) is 11.1 Å². The van der Waals surface area contributed by atoms with Crippen LogP contribution in [0.15, 0.2) is 24.3 Å². The minimum atomic E-state index is -1.57. The molecular formula is C20H14Cl4O8. The van der Waals surface area contributed by atoms with Crippen molar-refractivity contribution < 1.29 is 38.1 Å². The van der Waals surface area contributed by atoms with Crippen molar-refractivity contribution >= 4 is 70.3 Å². The Morgan fingerprint density at radius 2 is 1.00 bits per heavy atom. The van der Waals surface area contributed by atoms with E-state index in [1.165, 1.54) is 12.1 Å². The SMILES string of the molecule is CCOC(=O)c1cc(Cl)cc(Cl)c1OC(=O)C(=O)Oc1c(Cl)cc(Cl)cc1C(=O)OCC. The molecule has 0 fully saturated rings. The summed E-state index contributed by atoms with van der Waals surface area (Å²) in [6.45, 7) is 3.16. The fourth-order valence-electron chi connectivity index (χ4n) is 2.32. The molecule has 0 N–H and O–H groups in total. The van der Waals surface area contributed by atoms with Crippen molar-refractivity contribution in [1.29, 1.82) is 0 Å². The molecule has 2 aromatic rings. The lowest BCUT2D eigenvalue weighted by molar-refractivity contribution is -0.156. The molecule has 0 heterocycles. The van der Waals surface area contributed by atoms with E-state index in [0.29, 0.717) is 0 Å². The number of halogens is 4. The molecule has 0 amide bonds. The van der Waals surface area contributed by atoms with Gasteiger partial charge in [-0.25, -0.2) is 19.2 Å². The lowest BCUT2D eigenvalue weighted by Crippen LogP contribution is -2.27. The first-order chi connectivity index (χ1) is 15.1. The summed E-state index contributed by atoms with van der Waals surface area (Å²) in [5, 5.41) is -0.350. The smallest absolute Gasteiger partial charge is 0.423 e. The standard InChI is InChI=1S/C20H14Cl4O8/c1-3-29-17(25)11-5-9(21)7-13(23)15(11)31-19(27)20(28)32-16-12(18(26)30-4-2)6-10(22)8-14(16)24/h5-8H,3-4H2,1-2H3. The number of rotatable bonds is 6. The summed E-state index contributed by atoms with van der Waals surface area (Å²) in [5.41, 5.74) is -0.579. The Morgan fingerprint density at radius 3 is 1.31 bits per heavy atom. The van der Waals surface area contributed by atoms with Crippen LogP contribution in [0.3, 0.4) is 0 Å². The molecule has 0 radical (unpaired) electrons. The van der Waals surface area contributed by atoms with Crippen molar-refractivity contribution in [2.45, 2.75) is 13.8 Å². The summed E-state index contributed by atoms with van der Waals surface area (Å²) in [5.74, 6) is -5.86. The Balaban J connectivity index is 2.34. The average molecular weight is 524 g/mol. The van der Waals surface area contributed by atoms with E-state index >= 15 is 0 Å². The van der Waals surface area contributed by atoms with Crippen LogP contribution < -0.4 is 9.47 Å². The summed E-state index contributed by atoms with van der Waals surface area (Å²) >= 11 is 23.8. The van der Waals surface area contributed by atoms with Gasteiger partial charge in [-0.05, 0) is 38.1 Å². The van der Waals surface area contributed by atoms with Crippen molar-refractivity contribution in [2.24, 2.45) is 0 Å². The number of hydrogen-bond acceptors (Lipinski definition) is 8. The van der Waals surface area contributed by atoms with E-state index in [1.807, 2.05) is 0 Å². The lowest BCUT2D eigenvalue weighted by atomic mass is 10.2. The molecule has 0 aliphatic carbocycles. The highest BCUT2D eigenvalue weighted by atomic mass is 35.5. The normalized spacial score (nSPS) is 10.3. The van der Waals surface area contributed by atoms with Gasteiger partial charge in [0, 0.05) is 10.0 Å². The number of ether oxygens (including phenoxy) is 4. The Hall–Kier alpha value is -2.52. The zero-order valence-electron chi connectivity index (χ0n) is 16.5. The predicted octanol–water partition coefficient (Wildman–Crippen LogP) is 5.16. The third-order valence-corrected chi connectivity index (χ3v) is 4.56. The van der Waals surface area contributed by atoms with Crippen LogP contribution >= 0.6 is 46.4 Å². The molecule has 170 valence electrons. The van der Waals surface area contributed by atoms with E-state index in [9.17, 15) is 19.2 Å². The monoisotopic (exact) mass is 522 g/mol. The van der Waals surface area contributed by atoms with Gasteiger partial charge in [-0.15, -0.1) is 0 Å².